The first-order chi connectivity index (χ1) is 9.41. The molecule has 0 spiro atoms. The van der Waals surface area contributed by atoms with Gasteiger partial charge < -0.3 is 20.5 Å². The summed E-state index contributed by atoms with van der Waals surface area (Å²) >= 11 is 4.59. The van der Waals surface area contributed by atoms with E-state index in [-0.39, 0.29) is 35.5 Å². The molecule has 1 aliphatic heterocycles. The van der Waals surface area contributed by atoms with Crippen molar-refractivity contribution in [1.29, 1.82) is 0 Å². The lowest BCUT2D eigenvalue weighted by molar-refractivity contribution is -0.422. The average molecular weight is 300 g/mol. The quantitative estimate of drug-likeness (QED) is 0.473. The van der Waals surface area contributed by atoms with E-state index < -0.39 is 21.2 Å². The van der Waals surface area contributed by atoms with E-state index in [0.717, 1.165) is 0 Å². The highest BCUT2D eigenvalue weighted by atomic mass is 32.1. The molecule has 20 heavy (non-hydrogen) atoms. The predicted molar refractivity (Wildman–Crippen MR) is 71.1 cm³/mol. The highest BCUT2D eigenvalue weighted by Crippen LogP contribution is 2.49. The van der Waals surface area contributed by atoms with Crippen LogP contribution in [0.2, 0.25) is 0 Å². The topological polar surface area (TPSA) is 143 Å². The van der Waals surface area contributed by atoms with Gasteiger partial charge in [-0.25, -0.2) is 0 Å². The molecule has 1 aromatic rings. The number of hydrogen-bond donors (Lipinski definition) is 2. The number of nitro benzene ring substituents is 2. The fourth-order valence-electron chi connectivity index (χ4n) is 1.74. The lowest BCUT2D eigenvalue weighted by atomic mass is 10.2. The number of nitro groups is 2. The largest absolute Gasteiger partial charge is 0.486 e. The zero-order valence-corrected chi connectivity index (χ0v) is 10.6. The van der Waals surface area contributed by atoms with Crippen LogP contribution in [0.3, 0.4) is 0 Å². The van der Waals surface area contributed by atoms with E-state index >= 15 is 0 Å². The highest BCUT2D eigenvalue weighted by molar-refractivity contribution is 7.80. The Morgan fingerprint density at radius 1 is 1.25 bits per heavy atom. The molecule has 10 nitrogen and oxygen atoms in total. The van der Waals surface area contributed by atoms with Crippen LogP contribution in [0.1, 0.15) is 0 Å². The zero-order chi connectivity index (χ0) is 14.9. The lowest BCUT2D eigenvalue weighted by Crippen LogP contribution is -2.21. The predicted octanol–water partition coefficient (Wildman–Crippen LogP) is 0.930. The molecule has 2 rings (SSSR count). The molecule has 1 aromatic carbocycles. The van der Waals surface area contributed by atoms with Gasteiger partial charge in [0.15, 0.2) is 10.9 Å². The van der Waals surface area contributed by atoms with Gasteiger partial charge in [0.1, 0.15) is 18.9 Å². The summed E-state index contributed by atoms with van der Waals surface area (Å²) in [5.74, 6) is -0.256. The van der Waals surface area contributed by atoms with Crippen LogP contribution in [0.25, 0.3) is 0 Å². The van der Waals surface area contributed by atoms with Gasteiger partial charge in [0.2, 0.25) is 5.75 Å². The Bertz CT molecular complexity index is 619. The van der Waals surface area contributed by atoms with Gasteiger partial charge in [-0.15, -0.1) is 0 Å². The number of nitrogens with two attached hydrogens (primary N) is 1. The first kappa shape index (κ1) is 13.7. The Morgan fingerprint density at radius 2 is 1.85 bits per heavy atom. The van der Waals surface area contributed by atoms with Crippen LogP contribution in [0.5, 0.6) is 11.5 Å². The molecule has 106 valence electrons. The molecule has 0 radical (unpaired) electrons. The summed E-state index contributed by atoms with van der Waals surface area (Å²) < 4.78 is 10.3. The average Bonchev–Trinajstić information content (AvgIpc) is 2.35. The molecule has 0 fully saturated rings. The van der Waals surface area contributed by atoms with E-state index in [1.807, 2.05) is 0 Å². The third kappa shape index (κ3) is 2.38. The summed E-state index contributed by atoms with van der Waals surface area (Å²) in [4.78, 5) is 20.4. The van der Waals surface area contributed by atoms with E-state index in [1.165, 1.54) is 6.07 Å². The maximum atomic E-state index is 11.1. The number of nitrogens with one attached hydrogen (secondary N) is 1. The molecular formula is C9H8N4O6S. The molecule has 0 amide bonds. The second-order valence-electron chi connectivity index (χ2n) is 3.65. The molecule has 0 bridgehead atoms. The van der Waals surface area contributed by atoms with E-state index in [2.05, 4.69) is 17.5 Å². The molecule has 11 heteroatoms. The van der Waals surface area contributed by atoms with Gasteiger partial charge in [0, 0.05) is 6.07 Å². The Balaban J connectivity index is 2.74. The first-order valence-electron chi connectivity index (χ1n) is 5.23. The van der Waals surface area contributed by atoms with Gasteiger partial charge >= 0.3 is 11.4 Å². The Hall–Kier alpha value is -2.69. The Kier molecular flexibility index (Phi) is 3.52. The molecule has 1 heterocycles. The third-order valence-electron chi connectivity index (χ3n) is 2.40. The number of nitrogens with zero attached hydrogens (tertiary/aromatic N) is 2. The van der Waals surface area contributed by atoms with Crippen molar-refractivity contribution in [1.82, 2.24) is 0 Å². The van der Waals surface area contributed by atoms with Gasteiger partial charge in [-0.05, 0) is 12.2 Å². The SMILES string of the molecule is NC(=S)Nc1cc2c(c([N+](=O)[O-])c1[N+](=O)[O-])OCCO2. The van der Waals surface area contributed by atoms with E-state index in [9.17, 15) is 20.2 Å². The van der Waals surface area contributed by atoms with Crippen molar-refractivity contribution < 1.29 is 19.3 Å². The first-order valence-corrected chi connectivity index (χ1v) is 5.64. The van der Waals surface area contributed by atoms with Crippen molar-refractivity contribution >= 4 is 34.4 Å². The van der Waals surface area contributed by atoms with Gasteiger partial charge in [-0.1, -0.05) is 0 Å². The second-order valence-corrected chi connectivity index (χ2v) is 4.09. The lowest BCUT2D eigenvalue weighted by Gasteiger charge is -2.19. The summed E-state index contributed by atoms with van der Waals surface area (Å²) in [5, 5.41) is 24.3. The van der Waals surface area contributed by atoms with Crippen LogP contribution in [0.4, 0.5) is 17.1 Å². The van der Waals surface area contributed by atoms with Crippen molar-refractivity contribution in [2.75, 3.05) is 18.5 Å². The van der Waals surface area contributed by atoms with Gasteiger partial charge in [-0.3, -0.25) is 20.2 Å². The van der Waals surface area contributed by atoms with Crippen LogP contribution >= 0.6 is 12.2 Å². The number of rotatable bonds is 3. The number of hydrogen-bond acceptors (Lipinski definition) is 7. The summed E-state index contributed by atoms with van der Waals surface area (Å²) in [6.45, 7) is 0.238. The molecule has 1 aliphatic rings. The van der Waals surface area contributed by atoms with Crippen molar-refractivity contribution in [3.63, 3.8) is 0 Å². The number of benzene rings is 1. The molecule has 0 saturated heterocycles. The summed E-state index contributed by atoms with van der Waals surface area (Å²) in [5.41, 5.74) is 3.44. The minimum atomic E-state index is -0.906. The molecule has 0 unspecified atom stereocenters. The van der Waals surface area contributed by atoms with Gasteiger partial charge in [0.05, 0.1) is 9.85 Å². The minimum absolute atomic E-state index is 0.0206. The second kappa shape index (κ2) is 5.13. The van der Waals surface area contributed by atoms with Gasteiger partial charge in [-0.2, -0.15) is 0 Å². The molecular weight excluding hydrogens is 292 g/mol. The molecule has 0 atom stereocenters. The number of thiocarbonyl (C=S) groups is 1. The highest BCUT2D eigenvalue weighted by Gasteiger charge is 2.38. The Labute approximate surface area is 116 Å². The van der Waals surface area contributed by atoms with Crippen molar-refractivity contribution in [3.05, 3.63) is 26.3 Å². The Morgan fingerprint density at radius 3 is 2.40 bits per heavy atom. The maximum absolute atomic E-state index is 11.1. The molecule has 0 aromatic heterocycles. The van der Waals surface area contributed by atoms with Crippen LogP contribution in [-0.2, 0) is 0 Å². The summed E-state index contributed by atoms with van der Waals surface area (Å²) in [6.07, 6.45) is 0. The third-order valence-corrected chi connectivity index (χ3v) is 2.51. The van der Waals surface area contributed by atoms with E-state index in [1.54, 1.807) is 0 Å². The van der Waals surface area contributed by atoms with Crippen LogP contribution < -0.4 is 20.5 Å². The van der Waals surface area contributed by atoms with Crippen molar-refractivity contribution in [2.24, 2.45) is 5.73 Å². The van der Waals surface area contributed by atoms with Crippen molar-refractivity contribution in [2.45, 2.75) is 0 Å². The van der Waals surface area contributed by atoms with Crippen LogP contribution in [0, 0.1) is 20.2 Å². The fourth-order valence-corrected chi connectivity index (χ4v) is 1.85. The minimum Gasteiger partial charge on any atom is -0.486 e. The summed E-state index contributed by atoms with van der Waals surface area (Å²) in [6, 6.07) is 1.19. The van der Waals surface area contributed by atoms with Crippen LogP contribution in [-0.4, -0.2) is 28.2 Å². The van der Waals surface area contributed by atoms with Crippen molar-refractivity contribution in [3.8, 4) is 11.5 Å². The normalized spacial score (nSPS) is 12.6. The summed E-state index contributed by atoms with van der Waals surface area (Å²) in [7, 11) is 0. The number of fused-ring (bicyclic) bond motifs is 1. The number of ether oxygens (including phenoxy) is 2. The van der Waals surface area contributed by atoms with Gasteiger partial charge in [0.25, 0.3) is 0 Å². The smallest absolute Gasteiger partial charge is 0.393 e. The molecule has 0 aliphatic carbocycles. The standard InChI is InChI=1S/C9H8N4O6S/c10-9(20)11-4-3-5-8(19-2-1-18-5)7(13(16)17)6(4)12(14)15/h3H,1-2H2,(H3,10,11,20). The molecule has 0 saturated carbocycles. The van der Waals surface area contributed by atoms with Crippen LogP contribution in [0.15, 0.2) is 6.07 Å². The number of anilines is 1. The van der Waals surface area contributed by atoms with E-state index in [0.29, 0.717) is 0 Å². The molecule has 3 N–H and O–H groups in total. The van der Waals surface area contributed by atoms with E-state index in [4.69, 9.17) is 15.2 Å². The zero-order valence-electron chi connectivity index (χ0n) is 9.82. The maximum Gasteiger partial charge on any atom is 0.393 e. The monoisotopic (exact) mass is 300 g/mol. The fraction of sp³-hybridized carbons (Fsp3) is 0.222.